The van der Waals surface area contributed by atoms with Crippen LogP contribution in [0.15, 0.2) is 60.9 Å². The van der Waals surface area contributed by atoms with Crippen LogP contribution >= 0.6 is 0 Å². The summed E-state index contributed by atoms with van der Waals surface area (Å²) < 4.78 is 7.60. The molecule has 0 saturated heterocycles. The first-order chi connectivity index (χ1) is 12.2. The normalized spacial score (nSPS) is 11.8. The third-order valence-electron chi connectivity index (χ3n) is 3.84. The molecule has 2 aromatic carbocycles. The average Bonchev–Trinajstić information content (AvgIpc) is 3.09. The topological polar surface area (TPSA) is 69.0 Å². The number of aryl methyl sites for hydroxylation is 1. The lowest BCUT2D eigenvalue weighted by Crippen LogP contribution is -2.33. The van der Waals surface area contributed by atoms with E-state index >= 15 is 0 Å². The monoisotopic (exact) mass is 336 g/mol. The molecule has 1 atom stereocenters. The molecule has 0 spiro atoms. The van der Waals surface area contributed by atoms with Crippen molar-refractivity contribution in [2.75, 3.05) is 5.32 Å². The number of carbonyl (C=O) groups is 1. The van der Waals surface area contributed by atoms with Crippen molar-refractivity contribution < 1.29 is 9.53 Å². The second-order valence-corrected chi connectivity index (χ2v) is 5.63. The number of amides is 1. The molecule has 0 bridgehead atoms. The van der Waals surface area contributed by atoms with Gasteiger partial charge in [-0.25, -0.2) is 0 Å². The molecule has 1 heterocycles. The summed E-state index contributed by atoms with van der Waals surface area (Å²) >= 11 is 0. The third-order valence-corrected chi connectivity index (χ3v) is 3.84. The molecule has 3 rings (SSSR count). The summed E-state index contributed by atoms with van der Waals surface area (Å²) in [6.07, 6.45) is 1.50. The van der Waals surface area contributed by atoms with Crippen LogP contribution in [0.5, 0.6) is 5.75 Å². The van der Waals surface area contributed by atoms with Gasteiger partial charge in [0.15, 0.2) is 6.10 Å². The third kappa shape index (κ3) is 3.85. The fraction of sp³-hybridized carbons (Fsp3) is 0.211. The van der Waals surface area contributed by atoms with Crippen LogP contribution in [-0.4, -0.2) is 26.8 Å². The average molecular weight is 336 g/mol. The molecule has 0 radical (unpaired) electrons. The van der Waals surface area contributed by atoms with E-state index in [4.69, 9.17) is 4.74 Å². The maximum atomic E-state index is 12.6. The van der Waals surface area contributed by atoms with Crippen molar-refractivity contribution >= 4 is 11.9 Å². The van der Waals surface area contributed by atoms with Crippen molar-refractivity contribution in [2.45, 2.75) is 26.4 Å². The van der Waals surface area contributed by atoms with E-state index in [1.807, 2.05) is 68.4 Å². The fourth-order valence-electron chi connectivity index (χ4n) is 2.45. The Labute approximate surface area is 146 Å². The van der Waals surface area contributed by atoms with Crippen LogP contribution in [0.3, 0.4) is 0 Å². The molecule has 1 aromatic heterocycles. The summed E-state index contributed by atoms with van der Waals surface area (Å²) in [5.41, 5.74) is 1.86. The van der Waals surface area contributed by atoms with Crippen molar-refractivity contribution in [3.8, 4) is 11.4 Å². The minimum absolute atomic E-state index is 0.254. The van der Waals surface area contributed by atoms with E-state index in [0.717, 1.165) is 11.3 Å². The Balaban J connectivity index is 1.75. The number of nitrogens with one attached hydrogen (secondary N) is 1. The van der Waals surface area contributed by atoms with Gasteiger partial charge in [-0.2, -0.15) is 0 Å². The number of nitrogens with zero attached hydrogens (tertiary/aromatic N) is 3. The van der Waals surface area contributed by atoms with Crippen LogP contribution in [-0.2, 0) is 4.79 Å². The lowest BCUT2D eigenvalue weighted by Gasteiger charge is -2.18. The van der Waals surface area contributed by atoms with Crippen LogP contribution in [0.4, 0.5) is 5.95 Å². The lowest BCUT2D eigenvalue weighted by molar-refractivity contribution is -0.122. The Morgan fingerprint density at radius 2 is 1.88 bits per heavy atom. The van der Waals surface area contributed by atoms with E-state index in [9.17, 15) is 4.79 Å². The predicted octanol–water partition coefficient (Wildman–Crippen LogP) is 3.37. The summed E-state index contributed by atoms with van der Waals surface area (Å²) in [5, 5.41) is 10.7. The van der Waals surface area contributed by atoms with Crippen molar-refractivity contribution in [3.05, 3.63) is 66.5 Å². The van der Waals surface area contributed by atoms with Crippen LogP contribution in [0.2, 0.25) is 0 Å². The number of para-hydroxylation sites is 2. The molecule has 0 aliphatic heterocycles. The first-order valence-corrected chi connectivity index (χ1v) is 8.17. The smallest absolute Gasteiger partial charge is 0.267 e. The zero-order valence-corrected chi connectivity index (χ0v) is 14.2. The largest absolute Gasteiger partial charge is 0.480 e. The fourth-order valence-corrected chi connectivity index (χ4v) is 2.45. The molecule has 1 amide bonds. The van der Waals surface area contributed by atoms with E-state index in [0.29, 0.717) is 18.1 Å². The Morgan fingerprint density at radius 3 is 2.60 bits per heavy atom. The molecular formula is C19H20N4O2. The Bertz CT molecular complexity index is 845. The summed E-state index contributed by atoms with van der Waals surface area (Å²) in [5.74, 6) is 0.813. The molecule has 25 heavy (non-hydrogen) atoms. The standard InChI is InChI=1S/C19H20N4O2/c1-3-16(25-17-12-8-7-9-14(17)2)18(24)21-19-22-20-13-23(19)15-10-5-4-6-11-15/h4-13,16H,3H2,1-2H3,(H,21,22,24). The van der Waals surface area contributed by atoms with Crippen LogP contribution < -0.4 is 10.1 Å². The van der Waals surface area contributed by atoms with Crippen LogP contribution in [0.25, 0.3) is 5.69 Å². The van der Waals surface area contributed by atoms with Gasteiger partial charge in [0, 0.05) is 0 Å². The van der Waals surface area contributed by atoms with Crippen LogP contribution in [0, 0.1) is 6.92 Å². The maximum Gasteiger partial charge on any atom is 0.267 e. The van der Waals surface area contributed by atoms with Gasteiger partial charge in [0.1, 0.15) is 12.1 Å². The van der Waals surface area contributed by atoms with E-state index in [1.54, 1.807) is 10.9 Å². The van der Waals surface area contributed by atoms with E-state index in [1.165, 1.54) is 0 Å². The quantitative estimate of drug-likeness (QED) is 0.749. The van der Waals surface area contributed by atoms with Crippen molar-refractivity contribution in [3.63, 3.8) is 0 Å². The summed E-state index contributed by atoms with van der Waals surface area (Å²) in [6, 6.07) is 17.2. The first-order valence-electron chi connectivity index (χ1n) is 8.17. The zero-order valence-electron chi connectivity index (χ0n) is 14.2. The molecule has 6 nitrogen and oxygen atoms in total. The number of hydrogen-bond acceptors (Lipinski definition) is 4. The van der Waals surface area contributed by atoms with Gasteiger partial charge in [0.2, 0.25) is 5.95 Å². The molecule has 3 aromatic rings. The molecule has 128 valence electrons. The van der Waals surface area contributed by atoms with Gasteiger partial charge in [0.25, 0.3) is 5.91 Å². The van der Waals surface area contributed by atoms with Gasteiger partial charge >= 0.3 is 0 Å². The molecule has 1 unspecified atom stereocenters. The summed E-state index contributed by atoms with van der Waals surface area (Å²) in [7, 11) is 0. The highest BCUT2D eigenvalue weighted by atomic mass is 16.5. The first kappa shape index (κ1) is 16.7. The maximum absolute atomic E-state index is 12.6. The van der Waals surface area contributed by atoms with Gasteiger partial charge < -0.3 is 4.74 Å². The molecular weight excluding hydrogens is 316 g/mol. The Kier molecular flexibility index (Phi) is 5.09. The second kappa shape index (κ2) is 7.61. The molecule has 0 aliphatic carbocycles. The molecule has 0 fully saturated rings. The number of rotatable bonds is 6. The number of hydrogen-bond donors (Lipinski definition) is 1. The number of ether oxygens (including phenoxy) is 1. The Hall–Kier alpha value is -3.15. The zero-order chi connectivity index (χ0) is 17.6. The molecule has 0 saturated carbocycles. The van der Waals surface area contributed by atoms with Crippen molar-refractivity contribution in [1.29, 1.82) is 0 Å². The lowest BCUT2D eigenvalue weighted by atomic mass is 10.2. The van der Waals surface area contributed by atoms with Gasteiger partial charge in [0.05, 0.1) is 5.69 Å². The molecule has 1 N–H and O–H groups in total. The minimum atomic E-state index is -0.609. The highest BCUT2D eigenvalue weighted by Crippen LogP contribution is 2.20. The summed E-state index contributed by atoms with van der Waals surface area (Å²) in [6.45, 7) is 3.86. The van der Waals surface area contributed by atoms with E-state index in [2.05, 4.69) is 15.5 Å². The van der Waals surface area contributed by atoms with Gasteiger partial charge in [-0.1, -0.05) is 43.3 Å². The highest BCUT2D eigenvalue weighted by molar-refractivity contribution is 5.93. The van der Waals surface area contributed by atoms with E-state index < -0.39 is 6.10 Å². The SMILES string of the molecule is CCC(Oc1ccccc1C)C(=O)Nc1nncn1-c1ccccc1. The number of aromatic nitrogens is 3. The second-order valence-electron chi connectivity index (χ2n) is 5.63. The van der Waals surface area contributed by atoms with Crippen molar-refractivity contribution in [1.82, 2.24) is 14.8 Å². The number of benzene rings is 2. The predicted molar refractivity (Wildman–Crippen MR) is 95.9 cm³/mol. The van der Waals surface area contributed by atoms with E-state index in [-0.39, 0.29) is 5.91 Å². The molecule has 0 aliphatic rings. The van der Waals surface area contributed by atoms with Gasteiger partial charge in [-0.05, 0) is 37.1 Å². The van der Waals surface area contributed by atoms with Gasteiger partial charge in [-0.3, -0.25) is 14.7 Å². The van der Waals surface area contributed by atoms with Gasteiger partial charge in [-0.15, -0.1) is 10.2 Å². The summed E-state index contributed by atoms with van der Waals surface area (Å²) in [4.78, 5) is 12.6. The highest BCUT2D eigenvalue weighted by Gasteiger charge is 2.21. The minimum Gasteiger partial charge on any atom is -0.480 e. The molecule has 6 heteroatoms. The van der Waals surface area contributed by atoms with Crippen molar-refractivity contribution in [2.24, 2.45) is 0 Å². The Morgan fingerprint density at radius 1 is 1.16 bits per heavy atom. The number of anilines is 1. The number of carbonyl (C=O) groups excluding carboxylic acids is 1. The van der Waals surface area contributed by atoms with Crippen LogP contribution in [0.1, 0.15) is 18.9 Å².